The first-order valence-corrected chi connectivity index (χ1v) is 9.40. The predicted molar refractivity (Wildman–Crippen MR) is 113 cm³/mol. The maximum absolute atomic E-state index is 11.9. The van der Waals surface area contributed by atoms with Gasteiger partial charge >= 0.3 is 5.97 Å². The highest BCUT2D eigenvalue weighted by Crippen LogP contribution is 2.31. The lowest BCUT2D eigenvalue weighted by atomic mass is 10.0. The van der Waals surface area contributed by atoms with Gasteiger partial charge in [-0.3, -0.25) is 0 Å². The lowest BCUT2D eigenvalue weighted by Gasteiger charge is -2.13. The van der Waals surface area contributed by atoms with Crippen molar-refractivity contribution in [1.29, 1.82) is 0 Å². The molecule has 1 aromatic heterocycles. The summed E-state index contributed by atoms with van der Waals surface area (Å²) in [6.07, 6.45) is 1.37. The van der Waals surface area contributed by atoms with Gasteiger partial charge in [0.15, 0.2) is 5.82 Å². The van der Waals surface area contributed by atoms with Crippen molar-refractivity contribution in [1.82, 2.24) is 9.97 Å². The Balaban J connectivity index is 1.78. The first-order valence-electron chi connectivity index (χ1n) is 9.40. The van der Waals surface area contributed by atoms with Crippen molar-refractivity contribution in [2.24, 2.45) is 0 Å². The van der Waals surface area contributed by atoms with Gasteiger partial charge in [0.2, 0.25) is 5.88 Å². The topological polar surface area (TPSA) is 99.4 Å². The second-order valence-corrected chi connectivity index (χ2v) is 6.69. The molecule has 0 spiro atoms. The quantitative estimate of drug-likeness (QED) is 0.552. The fourth-order valence-corrected chi connectivity index (χ4v) is 2.67. The van der Waals surface area contributed by atoms with E-state index in [1.807, 2.05) is 24.3 Å². The minimum Gasteiger partial charge on any atom is -0.462 e. The number of nitrogens with two attached hydrogens (primary N) is 1. The second kappa shape index (κ2) is 9.05. The van der Waals surface area contributed by atoms with Crippen LogP contribution in [0, 0.1) is 0 Å². The van der Waals surface area contributed by atoms with Crippen LogP contribution >= 0.6 is 0 Å². The smallest absolute Gasteiger partial charge is 0.338 e. The number of hydrogen-bond donors (Lipinski definition) is 2. The van der Waals surface area contributed by atoms with E-state index in [9.17, 15) is 4.79 Å². The monoisotopic (exact) mass is 392 g/mol. The molecule has 0 aliphatic rings. The zero-order valence-electron chi connectivity index (χ0n) is 16.7. The van der Waals surface area contributed by atoms with E-state index in [0.29, 0.717) is 35.3 Å². The average molecular weight is 392 g/mol. The number of ether oxygens (including phenoxy) is 2. The average Bonchev–Trinajstić information content (AvgIpc) is 2.72. The largest absolute Gasteiger partial charge is 0.462 e. The summed E-state index contributed by atoms with van der Waals surface area (Å²) >= 11 is 0. The molecular formula is C22H24N4O3. The van der Waals surface area contributed by atoms with Gasteiger partial charge in [-0.05, 0) is 48.7 Å². The van der Waals surface area contributed by atoms with Crippen LogP contribution in [0.1, 0.15) is 42.6 Å². The van der Waals surface area contributed by atoms with Crippen LogP contribution in [-0.2, 0) is 4.74 Å². The Bertz CT molecular complexity index is 988. The van der Waals surface area contributed by atoms with E-state index in [4.69, 9.17) is 15.2 Å². The number of benzene rings is 2. The summed E-state index contributed by atoms with van der Waals surface area (Å²) in [5.74, 6) is 1.32. The number of carbonyl (C=O) groups excluding carboxylic acids is 1. The van der Waals surface area contributed by atoms with E-state index in [1.54, 1.807) is 31.2 Å². The van der Waals surface area contributed by atoms with Crippen molar-refractivity contribution in [3.05, 3.63) is 66.0 Å². The molecule has 0 fully saturated rings. The van der Waals surface area contributed by atoms with Crippen LogP contribution in [0.15, 0.2) is 54.9 Å². The van der Waals surface area contributed by atoms with Crippen LogP contribution in [0.4, 0.5) is 17.2 Å². The van der Waals surface area contributed by atoms with Crippen LogP contribution in [-0.4, -0.2) is 22.5 Å². The molecule has 150 valence electrons. The molecular weight excluding hydrogens is 368 g/mol. The standard InChI is InChI=1S/C22H24N4O3/c1-4-28-22(27)16-6-5-7-17(12-16)26-20-19(23)21(25-13-24-20)29-18-10-8-15(9-11-18)14(2)3/h5-14H,4,23H2,1-3H3,(H,24,25,26). The second-order valence-electron chi connectivity index (χ2n) is 6.69. The zero-order chi connectivity index (χ0) is 20.8. The molecule has 7 heteroatoms. The molecule has 0 saturated heterocycles. The van der Waals surface area contributed by atoms with E-state index in [-0.39, 0.29) is 17.5 Å². The van der Waals surface area contributed by atoms with Gasteiger partial charge in [-0.15, -0.1) is 0 Å². The summed E-state index contributed by atoms with van der Waals surface area (Å²) in [5, 5.41) is 3.10. The Morgan fingerprint density at radius 2 is 1.90 bits per heavy atom. The number of anilines is 3. The fourth-order valence-electron chi connectivity index (χ4n) is 2.67. The highest BCUT2D eigenvalue weighted by Gasteiger charge is 2.12. The summed E-state index contributed by atoms with van der Waals surface area (Å²) in [7, 11) is 0. The number of rotatable bonds is 7. The van der Waals surface area contributed by atoms with E-state index in [2.05, 4.69) is 29.1 Å². The van der Waals surface area contributed by atoms with Crippen molar-refractivity contribution in [2.75, 3.05) is 17.7 Å². The van der Waals surface area contributed by atoms with Gasteiger partial charge in [-0.2, -0.15) is 4.98 Å². The van der Waals surface area contributed by atoms with Gasteiger partial charge in [0, 0.05) is 5.69 Å². The maximum Gasteiger partial charge on any atom is 0.338 e. The molecule has 0 atom stereocenters. The Kier molecular flexibility index (Phi) is 6.29. The maximum atomic E-state index is 11.9. The molecule has 0 amide bonds. The molecule has 0 saturated carbocycles. The Labute approximate surface area is 169 Å². The van der Waals surface area contributed by atoms with Gasteiger partial charge in [0.1, 0.15) is 17.8 Å². The third-order valence-corrected chi connectivity index (χ3v) is 4.25. The number of hydrogen-bond acceptors (Lipinski definition) is 7. The van der Waals surface area contributed by atoms with Gasteiger partial charge in [0.05, 0.1) is 12.2 Å². The lowest BCUT2D eigenvalue weighted by molar-refractivity contribution is 0.0526. The molecule has 3 aromatic rings. The summed E-state index contributed by atoms with van der Waals surface area (Å²) in [5.41, 5.74) is 8.77. The molecule has 0 radical (unpaired) electrons. The normalized spacial score (nSPS) is 10.6. The van der Waals surface area contributed by atoms with Crippen LogP contribution < -0.4 is 15.8 Å². The van der Waals surface area contributed by atoms with E-state index in [0.717, 1.165) is 0 Å². The first-order chi connectivity index (χ1) is 14.0. The van der Waals surface area contributed by atoms with E-state index >= 15 is 0 Å². The van der Waals surface area contributed by atoms with E-state index in [1.165, 1.54) is 11.9 Å². The van der Waals surface area contributed by atoms with Crippen LogP contribution in [0.5, 0.6) is 11.6 Å². The lowest BCUT2D eigenvalue weighted by Crippen LogP contribution is -2.06. The predicted octanol–water partition coefficient (Wildman–Crippen LogP) is 4.89. The summed E-state index contributed by atoms with van der Waals surface area (Å²) < 4.78 is 10.9. The number of esters is 1. The molecule has 2 aromatic carbocycles. The number of aromatic nitrogens is 2. The Hall–Kier alpha value is -3.61. The minimum atomic E-state index is -0.388. The Morgan fingerprint density at radius 1 is 1.14 bits per heavy atom. The molecule has 0 unspecified atom stereocenters. The van der Waals surface area contributed by atoms with Crippen molar-refractivity contribution >= 4 is 23.2 Å². The van der Waals surface area contributed by atoms with Crippen LogP contribution in [0.3, 0.4) is 0 Å². The summed E-state index contributed by atoms with van der Waals surface area (Å²) in [4.78, 5) is 20.2. The first kappa shape index (κ1) is 20.1. The molecule has 3 rings (SSSR count). The van der Waals surface area contributed by atoms with Gasteiger partial charge in [-0.25, -0.2) is 9.78 Å². The number of nitrogen functional groups attached to an aromatic ring is 1. The molecule has 3 N–H and O–H groups in total. The SMILES string of the molecule is CCOC(=O)c1cccc(Nc2ncnc(Oc3ccc(C(C)C)cc3)c2N)c1. The highest BCUT2D eigenvalue weighted by molar-refractivity contribution is 5.91. The zero-order valence-corrected chi connectivity index (χ0v) is 16.7. The third-order valence-electron chi connectivity index (χ3n) is 4.25. The molecule has 0 bridgehead atoms. The number of carbonyl (C=O) groups is 1. The van der Waals surface area contributed by atoms with Crippen molar-refractivity contribution in [3.8, 4) is 11.6 Å². The minimum absolute atomic E-state index is 0.251. The fraction of sp³-hybridized carbons (Fsp3) is 0.227. The summed E-state index contributed by atoms with van der Waals surface area (Å²) in [6.45, 7) is 6.34. The van der Waals surface area contributed by atoms with Crippen molar-refractivity contribution in [2.45, 2.75) is 26.7 Å². The third kappa shape index (κ3) is 5.01. The molecule has 7 nitrogen and oxygen atoms in total. The van der Waals surface area contributed by atoms with Crippen molar-refractivity contribution < 1.29 is 14.3 Å². The van der Waals surface area contributed by atoms with Gasteiger partial charge in [0.25, 0.3) is 0 Å². The molecule has 0 aliphatic heterocycles. The summed E-state index contributed by atoms with van der Waals surface area (Å²) in [6, 6.07) is 14.7. The molecule has 1 heterocycles. The number of nitrogens with zero attached hydrogens (tertiary/aromatic N) is 2. The van der Waals surface area contributed by atoms with Gasteiger partial charge < -0.3 is 20.5 Å². The van der Waals surface area contributed by atoms with Gasteiger partial charge in [-0.1, -0.05) is 32.0 Å². The van der Waals surface area contributed by atoms with Crippen molar-refractivity contribution in [3.63, 3.8) is 0 Å². The molecule has 29 heavy (non-hydrogen) atoms. The van der Waals surface area contributed by atoms with Crippen LogP contribution in [0.2, 0.25) is 0 Å². The highest BCUT2D eigenvalue weighted by atomic mass is 16.5. The van der Waals surface area contributed by atoms with E-state index < -0.39 is 0 Å². The number of nitrogens with one attached hydrogen (secondary N) is 1. The molecule has 0 aliphatic carbocycles. The Morgan fingerprint density at radius 3 is 2.59 bits per heavy atom. The van der Waals surface area contributed by atoms with Crippen LogP contribution in [0.25, 0.3) is 0 Å².